The van der Waals surface area contributed by atoms with Crippen LogP contribution in [0.25, 0.3) is 0 Å². The van der Waals surface area contributed by atoms with Crippen molar-refractivity contribution in [1.82, 2.24) is 4.90 Å². The molecule has 0 saturated carbocycles. The van der Waals surface area contributed by atoms with Crippen molar-refractivity contribution in [2.75, 3.05) is 13.2 Å². The van der Waals surface area contributed by atoms with Gasteiger partial charge in [-0.05, 0) is 40.5 Å². The SMILES string of the molecule is CC(=O)CC1CCCN1C(=O)COC(C)(C)C. The van der Waals surface area contributed by atoms with Gasteiger partial charge in [-0.2, -0.15) is 0 Å². The lowest BCUT2D eigenvalue weighted by Crippen LogP contribution is -2.40. The monoisotopic (exact) mass is 241 g/mol. The molecule has 1 saturated heterocycles. The number of nitrogens with zero attached hydrogens (tertiary/aromatic N) is 1. The minimum Gasteiger partial charge on any atom is -0.366 e. The molecule has 17 heavy (non-hydrogen) atoms. The van der Waals surface area contributed by atoms with Crippen molar-refractivity contribution in [1.29, 1.82) is 0 Å². The van der Waals surface area contributed by atoms with Gasteiger partial charge < -0.3 is 9.64 Å². The third kappa shape index (κ3) is 4.86. The van der Waals surface area contributed by atoms with E-state index in [1.165, 1.54) is 0 Å². The van der Waals surface area contributed by atoms with Crippen LogP contribution in [0, 0.1) is 0 Å². The molecule has 1 rings (SSSR count). The number of carbonyl (C=O) groups is 2. The fraction of sp³-hybridized carbons (Fsp3) is 0.846. The van der Waals surface area contributed by atoms with Gasteiger partial charge in [0.2, 0.25) is 5.91 Å². The Morgan fingerprint density at radius 1 is 1.35 bits per heavy atom. The number of likely N-dealkylation sites (tertiary alicyclic amines) is 1. The maximum atomic E-state index is 12.0. The summed E-state index contributed by atoms with van der Waals surface area (Å²) in [5.41, 5.74) is -0.300. The van der Waals surface area contributed by atoms with Crippen LogP contribution < -0.4 is 0 Å². The number of hydrogen-bond donors (Lipinski definition) is 0. The van der Waals surface area contributed by atoms with Gasteiger partial charge in [0.25, 0.3) is 0 Å². The second-order valence-corrected chi connectivity index (χ2v) is 5.69. The first-order valence-electron chi connectivity index (χ1n) is 6.22. The quantitative estimate of drug-likeness (QED) is 0.753. The zero-order chi connectivity index (χ0) is 13.1. The summed E-state index contributed by atoms with van der Waals surface area (Å²) < 4.78 is 5.48. The van der Waals surface area contributed by atoms with Gasteiger partial charge in [0, 0.05) is 19.0 Å². The second-order valence-electron chi connectivity index (χ2n) is 5.69. The molecule has 0 N–H and O–H groups in total. The Labute approximate surface area is 103 Å². The van der Waals surface area contributed by atoms with Crippen molar-refractivity contribution in [3.8, 4) is 0 Å². The third-order valence-corrected chi connectivity index (χ3v) is 2.85. The standard InChI is InChI=1S/C13H23NO3/c1-10(15)8-11-6-5-7-14(11)12(16)9-17-13(2,3)4/h11H,5-9H2,1-4H3. The van der Waals surface area contributed by atoms with Crippen LogP contribution in [0.1, 0.15) is 47.0 Å². The van der Waals surface area contributed by atoms with Crippen molar-refractivity contribution in [2.24, 2.45) is 0 Å². The lowest BCUT2D eigenvalue weighted by Gasteiger charge is -2.26. The molecule has 0 aromatic rings. The number of ether oxygens (including phenoxy) is 1. The van der Waals surface area contributed by atoms with Crippen LogP contribution in [-0.4, -0.2) is 41.4 Å². The van der Waals surface area contributed by atoms with E-state index in [1.807, 2.05) is 20.8 Å². The van der Waals surface area contributed by atoms with E-state index in [4.69, 9.17) is 4.74 Å². The highest BCUT2D eigenvalue weighted by atomic mass is 16.5. The van der Waals surface area contributed by atoms with E-state index < -0.39 is 0 Å². The van der Waals surface area contributed by atoms with Gasteiger partial charge in [0.15, 0.2) is 0 Å². The van der Waals surface area contributed by atoms with Gasteiger partial charge >= 0.3 is 0 Å². The van der Waals surface area contributed by atoms with E-state index in [2.05, 4.69) is 0 Å². The Morgan fingerprint density at radius 2 is 2.00 bits per heavy atom. The fourth-order valence-corrected chi connectivity index (χ4v) is 2.07. The molecule has 0 spiro atoms. The second kappa shape index (κ2) is 5.63. The summed E-state index contributed by atoms with van der Waals surface area (Å²) >= 11 is 0. The van der Waals surface area contributed by atoms with E-state index in [0.717, 1.165) is 19.4 Å². The first-order valence-corrected chi connectivity index (χ1v) is 6.22. The Kier molecular flexibility index (Phi) is 4.69. The molecular formula is C13H23NO3. The topological polar surface area (TPSA) is 46.6 Å². The van der Waals surface area contributed by atoms with Gasteiger partial charge in [-0.1, -0.05) is 0 Å². The highest BCUT2D eigenvalue weighted by molar-refractivity contribution is 5.80. The highest BCUT2D eigenvalue weighted by Gasteiger charge is 2.30. The number of carbonyl (C=O) groups excluding carboxylic acids is 2. The van der Waals surface area contributed by atoms with Crippen LogP contribution in [0.3, 0.4) is 0 Å². The van der Waals surface area contributed by atoms with Crippen LogP contribution >= 0.6 is 0 Å². The molecule has 1 aliphatic heterocycles. The lowest BCUT2D eigenvalue weighted by atomic mass is 10.1. The van der Waals surface area contributed by atoms with Gasteiger partial charge in [-0.15, -0.1) is 0 Å². The Hall–Kier alpha value is -0.900. The summed E-state index contributed by atoms with van der Waals surface area (Å²) in [5.74, 6) is 0.148. The molecular weight excluding hydrogens is 218 g/mol. The molecule has 1 amide bonds. The molecule has 1 heterocycles. The molecule has 1 atom stereocenters. The molecule has 1 unspecified atom stereocenters. The van der Waals surface area contributed by atoms with Crippen molar-refractivity contribution in [3.05, 3.63) is 0 Å². The maximum absolute atomic E-state index is 12.0. The third-order valence-electron chi connectivity index (χ3n) is 2.85. The summed E-state index contributed by atoms with van der Waals surface area (Å²) in [5, 5.41) is 0. The number of hydrogen-bond acceptors (Lipinski definition) is 3. The zero-order valence-electron chi connectivity index (χ0n) is 11.3. The molecule has 4 heteroatoms. The van der Waals surface area contributed by atoms with Gasteiger partial charge in [-0.3, -0.25) is 9.59 Å². The van der Waals surface area contributed by atoms with Crippen LogP contribution in [0.4, 0.5) is 0 Å². The van der Waals surface area contributed by atoms with E-state index in [-0.39, 0.29) is 29.9 Å². The van der Waals surface area contributed by atoms with Crippen molar-refractivity contribution in [3.63, 3.8) is 0 Å². The molecule has 1 aliphatic rings. The van der Waals surface area contributed by atoms with E-state index >= 15 is 0 Å². The lowest BCUT2D eigenvalue weighted by molar-refractivity contribution is -0.142. The van der Waals surface area contributed by atoms with Crippen molar-refractivity contribution >= 4 is 11.7 Å². The molecule has 98 valence electrons. The van der Waals surface area contributed by atoms with E-state index in [1.54, 1.807) is 11.8 Å². The van der Waals surface area contributed by atoms with Gasteiger partial charge in [0.05, 0.1) is 5.60 Å². The van der Waals surface area contributed by atoms with Crippen molar-refractivity contribution in [2.45, 2.75) is 58.6 Å². The summed E-state index contributed by atoms with van der Waals surface area (Å²) in [6, 6.07) is 0.0866. The predicted molar refractivity (Wildman–Crippen MR) is 65.7 cm³/mol. The Bertz CT molecular complexity index is 294. The summed E-state index contributed by atoms with van der Waals surface area (Å²) in [7, 11) is 0. The average molecular weight is 241 g/mol. The molecule has 0 radical (unpaired) electrons. The van der Waals surface area contributed by atoms with Gasteiger partial charge in [0.1, 0.15) is 12.4 Å². The van der Waals surface area contributed by atoms with Crippen LogP contribution in [0.2, 0.25) is 0 Å². The Morgan fingerprint density at radius 3 is 2.53 bits per heavy atom. The number of rotatable bonds is 4. The smallest absolute Gasteiger partial charge is 0.248 e. The largest absolute Gasteiger partial charge is 0.366 e. The molecule has 0 aromatic heterocycles. The van der Waals surface area contributed by atoms with Crippen LogP contribution in [0.5, 0.6) is 0 Å². The predicted octanol–water partition coefficient (Wildman–Crippen LogP) is 1.77. The van der Waals surface area contributed by atoms with Crippen LogP contribution in [0.15, 0.2) is 0 Å². The van der Waals surface area contributed by atoms with Crippen LogP contribution in [-0.2, 0) is 14.3 Å². The molecule has 1 fully saturated rings. The van der Waals surface area contributed by atoms with E-state index in [9.17, 15) is 9.59 Å². The maximum Gasteiger partial charge on any atom is 0.248 e. The summed E-state index contributed by atoms with van der Waals surface area (Å²) in [4.78, 5) is 24.9. The molecule has 0 aliphatic carbocycles. The highest BCUT2D eigenvalue weighted by Crippen LogP contribution is 2.21. The molecule has 0 aromatic carbocycles. The Balaban J connectivity index is 2.47. The van der Waals surface area contributed by atoms with E-state index in [0.29, 0.717) is 6.42 Å². The normalized spacial score (nSPS) is 20.7. The average Bonchev–Trinajstić information content (AvgIpc) is 2.60. The van der Waals surface area contributed by atoms with Crippen molar-refractivity contribution < 1.29 is 14.3 Å². The minimum absolute atomic E-state index is 0.00340. The fourth-order valence-electron chi connectivity index (χ4n) is 2.07. The number of amides is 1. The summed E-state index contributed by atoms with van der Waals surface area (Å²) in [6.45, 7) is 8.22. The number of Topliss-reactive ketones (excluding diaryl/α,β-unsaturated/α-hetero) is 1. The zero-order valence-corrected chi connectivity index (χ0v) is 11.3. The summed E-state index contributed by atoms with van der Waals surface area (Å²) in [6.07, 6.45) is 2.39. The molecule has 4 nitrogen and oxygen atoms in total. The first kappa shape index (κ1) is 14.2. The first-order chi connectivity index (χ1) is 7.79. The number of ketones is 1. The van der Waals surface area contributed by atoms with Gasteiger partial charge in [-0.25, -0.2) is 0 Å². The molecule has 0 bridgehead atoms. The minimum atomic E-state index is -0.300.